The van der Waals surface area contributed by atoms with Crippen LogP contribution in [0.2, 0.25) is 5.02 Å². The van der Waals surface area contributed by atoms with E-state index < -0.39 is 0 Å². The Morgan fingerprint density at radius 1 is 0.962 bits per heavy atom. The maximum atomic E-state index is 13.2. The summed E-state index contributed by atoms with van der Waals surface area (Å²) in [6, 6.07) is 13.5. The number of allylic oxidation sites excluding steroid dienone is 2. The molecule has 0 fully saturated rings. The van der Waals surface area contributed by atoms with Crippen molar-refractivity contribution in [2.45, 2.75) is 31.1 Å². The van der Waals surface area contributed by atoms with Crippen molar-refractivity contribution in [1.29, 1.82) is 0 Å². The number of carbonyl (C=O) groups excluding carboxylic acids is 2. The summed E-state index contributed by atoms with van der Waals surface area (Å²) < 4.78 is 13.2. The van der Waals surface area contributed by atoms with Crippen LogP contribution in [0.4, 0.5) is 4.39 Å². The summed E-state index contributed by atoms with van der Waals surface area (Å²) in [6.07, 6.45) is 1.17. The van der Waals surface area contributed by atoms with Crippen LogP contribution in [0, 0.1) is 5.82 Å². The highest BCUT2D eigenvalue weighted by Gasteiger charge is 2.38. The van der Waals surface area contributed by atoms with E-state index in [-0.39, 0.29) is 35.8 Å². The molecule has 1 aliphatic carbocycles. The first-order chi connectivity index (χ1) is 12.5. The van der Waals surface area contributed by atoms with Gasteiger partial charge >= 0.3 is 0 Å². The molecule has 2 atom stereocenters. The number of nitrogens with one attached hydrogen (secondary N) is 1. The Bertz CT molecular complexity index is 920. The van der Waals surface area contributed by atoms with Crippen LogP contribution in [0.5, 0.6) is 0 Å². The monoisotopic (exact) mass is 369 g/mol. The van der Waals surface area contributed by atoms with Gasteiger partial charge in [0.1, 0.15) is 5.82 Å². The summed E-state index contributed by atoms with van der Waals surface area (Å²) in [5, 5.41) is 3.47. The van der Waals surface area contributed by atoms with E-state index in [1.807, 2.05) is 18.2 Å². The zero-order valence-corrected chi connectivity index (χ0v) is 14.7. The fourth-order valence-electron chi connectivity index (χ4n) is 3.94. The third kappa shape index (κ3) is 3.17. The second kappa shape index (κ2) is 6.69. The van der Waals surface area contributed by atoms with Gasteiger partial charge in [-0.25, -0.2) is 4.39 Å². The first-order valence-electron chi connectivity index (χ1n) is 8.58. The fourth-order valence-corrected chi connectivity index (χ4v) is 4.14. The second-order valence-corrected chi connectivity index (χ2v) is 7.27. The average molecular weight is 370 g/mol. The number of halogens is 2. The Balaban J connectivity index is 1.71. The van der Waals surface area contributed by atoms with Gasteiger partial charge in [-0.3, -0.25) is 9.59 Å². The lowest BCUT2D eigenvalue weighted by Crippen LogP contribution is -2.38. The minimum absolute atomic E-state index is 0.0329. The maximum absolute atomic E-state index is 13.2. The van der Waals surface area contributed by atoms with Gasteiger partial charge < -0.3 is 5.32 Å². The van der Waals surface area contributed by atoms with E-state index in [9.17, 15) is 14.0 Å². The molecule has 2 aliphatic rings. The van der Waals surface area contributed by atoms with Gasteiger partial charge in [0, 0.05) is 35.1 Å². The largest absolute Gasteiger partial charge is 0.329 e. The Morgan fingerprint density at radius 2 is 1.73 bits per heavy atom. The molecule has 1 N–H and O–H groups in total. The molecule has 1 aliphatic heterocycles. The summed E-state index contributed by atoms with van der Waals surface area (Å²) in [6.45, 7) is 0. The quantitative estimate of drug-likeness (QED) is 0.848. The molecule has 5 heteroatoms. The maximum Gasteiger partial charge on any atom is 0.225 e. The predicted octanol–water partition coefficient (Wildman–Crippen LogP) is 4.48. The molecule has 2 aromatic rings. The van der Waals surface area contributed by atoms with Crippen LogP contribution in [-0.4, -0.2) is 11.7 Å². The highest BCUT2D eigenvalue weighted by Crippen LogP contribution is 2.42. The Hall–Kier alpha value is -2.46. The number of benzene rings is 2. The van der Waals surface area contributed by atoms with Crippen LogP contribution in [0.25, 0.3) is 0 Å². The molecule has 1 heterocycles. The normalized spacial score (nSPS) is 22.8. The molecule has 2 aromatic carbocycles. The van der Waals surface area contributed by atoms with E-state index >= 15 is 0 Å². The van der Waals surface area contributed by atoms with E-state index in [4.69, 9.17) is 11.6 Å². The molecule has 132 valence electrons. The van der Waals surface area contributed by atoms with Crippen molar-refractivity contribution in [3.05, 3.63) is 81.8 Å². The number of hydrogen-bond acceptors (Lipinski definition) is 2. The van der Waals surface area contributed by atoms with Gasteiger partial charge in [-0.05, 0) is 47.7 Å². The first kappa shape index (κ1) is 17.0. The Labute approximate surface area is 155 Å². The number of hydrogen-bond donors (Lipinski definition) is 1. The molecule has 0 aromatic heterocycles. The molecule has 0 spiro atoms. The zero-order valence-electron chi connectivity index (χ0n) is 14.0. The number of amides is 1. The Morgan fingerprint density at radius 3 is 2.46 bits per heavy atom. The second-order valence-electron chi connectivity index (χ2n) is 6.83. The van der Waals surface area contributed by atoms with Gasteiger partial charge in [0.2, 0.25) is 5.91 Å². The lowest BCUT2D eigenvalue weighted by molar-refractivity contribution is -0.122. The van der Waals surface area contributed by atoms with Gasteiger partial charge in [0.25, 0.3) is 0 Å². The van der Waals surface area contributed by atoms with E-state index in [2.05, 4.69) is 5.32 Å². The standard InChI is InChI=1S/C21H17ClFNO2/c22-15-3-1-2-13(8-15)17-11-20(26)24-18-9-14(10-19(25)21(17)18)12-4-6-16(23)7-5-12/h1-8,14,17H,9-11H2,(H,24,26)/t14-,17-/m1/s1. The summed E-state index contributed by atoms with van der Waals surface area (Å²) >= 11 is 6.10. The molecule has 0 saturated carbocycles. The first-order valence-corrected chi connectivity index (χ1v) is 8.96. The molecule has 0 saturated heterocycles. The third-order valence-corrected chi connectivity index (χ3v) is 5.36. The van der Waals surface area contributed by atoms with Crippen molar-refractivity contribution in [2.75, 3.05) is 0 Å². The molecule has 0 unspecified atom stereocenters. The van der Waals surface area contributed by atoms with Gasteiger partial charge in [-0.1, -0.05) is 35.9 Å². The molecule has 1 amide bonds. The minimum Gasteiger partial charge on any atom is -0.329 e. The molecule has 3 nitrogen and oxygen atoms in total. The highest BCUT2D eigenvalue weighted by molar-refractivity contribution is 6.30. The van der Waals surface area contributed by atoms with Crippen molar-refractivity contribution in [2.24, 2.45) is 0 Å². The smallest absolute Gasteiger partial charge is 0.225 e. The molecular weight excluding hydrogens is 353 g/mol. The number of ketones is 1. The van der Waals surface area contributed by atoms with Crippen LogP contribution in [0.3, 0.4) is 0 Å². The predicted molar refractivity (Wildman–Crippen MR) is 97.4 cm³/mol. The van der Waals surface area contributed by atoms with Crippen molar-refractivity contribution >= 4 is 23.3 Å². The number of rotatable bonds is 2. The van der Waals surface area contributed by atoms with Crippen LogP contribution in [0.1, 0.15) is 42.2 Å². The van der Waals surface area contributed by atoms with Gasteiger partial charge in [-0.2, -0.15) is 0 Å². The van der Waals surface area contributed by atoms with Crippen molar-refractivity contribution < 1.29 is 14.0 Å². The molecular formula is C21H17ClFNO2. The lowest BCUT2D eigenvalue weighted by atomic mass is 9.73. The SMILES string of the molecule is O=C1C[C@H](c2cccc(Cl)c2)C2=C(C[C@@H](c3ccc(F)cc3)CC2=O)N1. The molecule has 0 bridgehead atoms. The molecule has 26 heavy (non-hydrogen) atoms. The number of carbonyl (C=O) groups is 2. The molecule has 0 radical (unpaired) electrons. The van der Waals surface area contributed by atoms with Crippen LogP contribution < -0.4 is 5.32 Å². The van der Waals surface area contributed by atoms with E-state index in [1.54, 1.807) is 18.2 Å². The fraction of sp³-hybridized carbons (Fsp3) is 0.238. The summed E-state index contributed by atoms with van der Waals surface area (Å²) in [5.41, 5.74) is 3.17. The zero-order chi connectivity index (χ0) is 18.3. The van der Waals surface area contributed by atoms with Gasteiger partial charge in [0.15, 0.2) is 5.78 Å². The van der Waals surface area contributed by atoms with Crippen molar-refractivity contribution in [1.82, 2.24) is 5.32 Å². The van der Waals surface area contributed by atoms with Crippen molar-refractivity contribution in [3.8, 4) is 0 Å². The average Bonchev–Trinajstić information content (AvgIpc) is 2.61. The summed E-state index contributed by atoms with van der Waals surface area (Å²) in [4.78, 5) is 25.2. The highest BCUT2D eigenvalue weighted by atomic mass is 35.5. The van der Waals surface area contributed by atoms with E-state index in [0.29, 0.717) is 29.1 Å². The van der Waals surface area contributed by atoms with Crippen LogP contribution >= 0.6 is 11.6 Å². The lowest BCUT2D eigenvalue weighted by Gasteiger charge is -2.34. The summed E-state index contributed by atoms with van der Waals surface area (Å²) in [5.74, 6) is -0.686. The third-order valence-electron chi connectivity index (χ3n) is 5.13. The number of Topliss-reactive ketones (excluding diaryl/α,β-unsaturated/α-hetero) is 1. The Kier molecular flexibility index (Phi) is 4.37. The van der Waals surface area contributed by atoms with E-state index in [0.717, 1.165) is 11.1 Å². The van der Waals surface area contributed by atoms with Gasteiger partial charge in [-0.15, -0.1) is 0 Å². The minimum atomic E-state index is -0.303. The van der Waals surface area contributed by atoms with Crippen molar-refractivity contribution in [3.63, 3.8) is 0 Å². The topological polar surface area (TPSA) is 46.2 Å². The van der Waals surface area contributed by atoms with Crippen LogP contribution in [0.15, 0.2) is 59.8 Å². The molecule has 4 rings (SSSR count). The van der Waals surface area contributed by atoms with Gasteiger partial charge in [0.05, 0.1) is 0 Å². The van der Waals surface area contributed by atoms with Crippen LogP contribution in [-0.2, 0) is 9.59 Å². The van der Waals surface area contributed by atoms with E-state index in [1.165, 1.54) is 12.1 Å². The summed E-state index contributed by atoms with van der Waals surface area (Å²) in [7, 11) is 0.